The van der Waals surface area contributed by atoms with Crippen LogP contribution in [-0.2, 0) is 0 Å². The van der Waals surface area contributed by atoms with E-state index < -0.39 is 30.2 Å². The van der Waals surface area contributed by atoms with E-state index in [4.69, 9.17) is 5.73 Å². The topological polar surface area (TPSA) is 121 Å². The van der Waals surface area contributed by atoms with Crippen LogP contribution in [0.5, 0.6) is 0 Å². The lowest BCUT2D eigenvalue weighted by atomic mass is 9.85. The predicted molar refractivity (Wildman–Crippen MR) is 139 cm³/mol. The number of nitrogens with zero attached hydrogens (tertiary/aromatic N) is 2. The van der Waals surface area contributed by atoms with Crippen LogP contribution >= 0.6 is 0 Å². The number of nitrogens with two attached hydrogens (primary N) is 1. The third-order valence-electron chi connectivity index (χ3n) is 6.33. The van der Waals surface area contributed by atoms with Gasteiger partial charge in [0, 0.05) is 11.5 Å². The highest BCUT2D eigenvalue weighted by Gasteiger charge is 2.24. The first kappa shape index (κ1) is 28.1. The van der Waals surface area contributed by atoms with E-state index in [-0.39, 0.29) is 23.4 Å². The van der Waals surface area contributed by atoms with Crippen LogP contribution in [0.3, 0.4) is 0 Å². The zero-order valence-electron chi connectivity index (χ0n) is 21.3. The molecule has 5 N–H and O–H groups in total. The van der Waals surface area contributed by atoms with Crippen LogP contribution in [0.4, 0.5) is 14.6 Å². The maximum atomic E-state index is 15.0. The smallest absolute Gasteiger partial charge is 0.254 e. The summed E-state index contributed by atoms with van der Waals surface area (Å²) in [4.78, 5) is 21.6. The summed E-state index contributed by atoms with van der Waals surface area (Å²) < 4.78 is 28.8. The van der Waals surface area contributed by atoms with Gasteiger partial charge in [-0.15, -0.1) is 0 Å². The first-order chi connectivity index (χ1) is 17.7. The highest BCUT2D eigenvalue weighted by Crippen LogP contribution is 2.34. The number of aliphatic hydroxyl groups excluding tert-OH is 2. The molecule has 2 aromatic carbocycles. The number of aryl methyl sites for hydroxylation is 1. The van der Waals surface area contributed by atoms with Crippen LogP contribution in [0.25, 0.3) is 11.3 Å². The van der Waals surface area contributed by atoms with Crippen molar-refractivity contribution in [2.45, 2.75) is 64.5 Å². The Morgan fingerprint density at radius 1 is 1.19 bits per heavy atom. The number of amides is 1. The number of hydrogen-bond donors (Lipinski definition) is 4. The molecule has 1 amide bonds. The van der Waals surface area contributed by atoms with Crippen molar-refractivity contribution in [1.82, 2.24) is 15.3 Å². The first-order valence-corrected chi connectivity index (χ1v) is 12.5. The van der Waals surface area contributed by atoms with E-state index in [1.807, 2.05) is 13.8 Å². The monoisotopic (exact) mass is 512 g/mol. The van der Waals surface area contributed by atoms with Gasteiger partial charge in [-0.3, -0.25) is 4.79 Å². The van der Waals surface area contributed by atoms with Crippen molar-refractivity contribution in [2.24, 2.45) is 0 Å². The number of nitrogen functional groups attached to an aromatic ring is 1. The number of anilines is 1. The van der Waals surface area contributed by atoms with Gasteiger partial charge in [-0.1, -0.05) is 32.4 Å². The molecule has 0 spiro atoms. The Morgan fingerprint density at radius 3 is 2.59 bits per heavy atom. The number of nitrogens with one attached hydrogen (secondary N) is 1. The average Bonchev–Trinajstić information content (AvgIpc) is 2.88. The molecule has 198 valence electrons. The summed E-state index contributed by atoms with van der Waals surface area (Å²) in [6, 6.07) is 7.28. The zero-order valence-corrected chi connectivity index (χ0v) is 21.3. The van der Waals surface area contributed by atoms with Crippen molar-refractivity contribution in [3.05, 3.63) is 76.6 Å². The van der Waals surface area contributed by atoms with Crippen molar-refractivity contribution >= 4 is 11.7 Å². The fraction of sp³-hybridized carbons (Fsp3) is 0.393. The summed E-state index contributed by atoms with van der Waals surface area (Å²) in [7, 11) is 0. The maximum absolute atomic E-state index is 15.0. The molecular formula is C28H34F2N4O3. The molecule has 9 heteroatoms. The molecule has 1 aromatic heterocycles. The third kappa shape index (κ3) is 6.87. The molecule has 0 aliphatic heterocycles. The highest BCUT2D eigenvalue weighted by molar-refractivity contribution is 5.95. The Bertz CT molecular complexity index is 1220. The van der Waals surface area contributed by atoms with Crippen LogP contribution in [0.15, 0.2) is 42.6 Å². The summed E-state index contributed by atoms with van der Waals surface area (Å²) in [6.07, 6.45) is 4.31. The summed E-state index contributed by atoms with van der Waals surface area (Å²) in [5.41, 5.74) is 8.14. The number of rotatable bonds is 6. The summed E-state index contributed by atoms with van der Waals surface area (Å²) in [5, 5.41) is 22.3. The molecule has 1 heterocycles. The van der Waals surface area contributed by atoms with E-state index in [1.54, 1.807) is 19.2 Å². The van der Waals surface area contributed by atoms with E-state index in [1.165, 1.54) is 24.3 Å². The molecule has 3 unspecified atom stereocenters. The second-order valence-electron chi connectivity index (χ2n) is 9.01. The standard InChI is InChI=1S/C26H28F2N4O3.C2H6/c1-14-7-17(9-18(27)8-14)23(13-33)32-26(35)20-6-5-16(11-21(20)28)24-25(29)30-12-22(31-24)15-3-2-4-19(34)10-15;1-2/h5-9,11-12,15,19,23,33-34H,2-4,10,13H2,1H3,(H2,29,30)(H,32,35);1-2H3. The number of aromatic nitrogens is 2. The van der Waals surface area contributed by atoms with Gasteiger partial charge in [0.1, 0.15) is 23.1 Å². The molecule has 0 radical (unpaired) electrons. The van der Waals surface area contributed by atoms with Crippen LogP contribution in [0.1, 0.15) is 78.7 Å². The van der Waals surface area contributed by atoms with Crippen molar-refractivity contribution in [1.29, 1.82) is 0 Å². The quantitative estimate of drug-likeness (QED) is 0.376. The predicted octanol–water partition coefficient (Wildman–Crippen LogP) is 4.82. The van der Waals surface area contributed by atoms with Crippen LogP contribution in [0, 0.1) is 18.6 Å². The minimum absolute atomic E-state index is 0.0439. The van der Waals surface area contributed by atoms with E-state index in [0.29, 0.717) is 34.5 Å². The molecule has 0 saturated heterocycles. The fourth-order valence-electron chi connectivity index (χ4n) is 4.54. The van der Waals surface area contributed by atoms with Gasteiger partial charge in [0.05, 0.1) is 36.2 Å². The number of benzene rings is 2. The van der Waals surface area contributed by atoms with Crippen LogP contribution in [0.2, 0.25) is 0 Å². The lowest BCUT2D eigenvalue weighted by molar-refractivity contribution is 0.0912. The van der Waals surface area contributed by atoms with Crippen molar-refractivity contribution in [3.8, 4) is 11.3 Å². The Kier molecular flexibility index (Phi) is 9.66. The minimum Gasteiger partial charge on any atom is -0.394 e. The highest BCUT2D eigenvalue weighted by atomic mass is 19.1. The van der Waals surface area contributed by atoms with Gasteiger partial charge >= 0.3 is 0 Å². The van der Waals surface area contributed by atoms with E-state index in [0.717, 1.165) is 25.3 Å². The Balaban J connectivity index is 0.00000186. The molecule has 1 saturated carbocycles. The Morgan fingerprint density at radius 2 is 1.95 bits per heavy atom. The van der Waals surface area contributed by atoms with E-state index in [9.17, 15) is 19.4 Å². The van der Waals surface area contributed by atoms with Gasteiger partial charge in [-0.2, -0.15) is 0 Å². The minimum atomic E-state index is -0.903. The molecule has 1 aliphatic rings. The average molecular weight is 513 g/mol. The second kappa shape index (κ2) is 12.7. The second-order valence-corrected chi connectivity index (χ2v) is 9.01. The maximum Gasteiger partial charge on any atom is 0.254 e. The van der Waals surface area contributed by atoms with Crippen molar-refractivity contribution in [2.75, 3.05) is 12.3 Å². The van der Waals surface area contributed by atoms with Gasteiger partial charge < -0.3 is 21.3 Å². The number of carbonyl (C=O) groups excluding carboxylic acids is 1. The Labute approximate surface area is 215 Å². The van der Waals surface area contributed by atoms with Crippen LogP contribution in [-0.4, -0.2) is 38.8 Å². The van der Waals surface area contributed by atoms with Crippen LogP contribution < -0.4 is 11.1 Å². The zero-order chi connectivity index (χ0) is 27.1. The number of aliphatic hydroxyl groups is 2. The molecule has 1 aliphatic carbocycles. The summed E-state index contributed by atoms with van der Waals surface area (Å²) in [5.74, 6) is -1.87. The van der Waals surface area contributed by atoms with Gasteiger partial charge in [0.2, 0.25) is 0 Å². The summed E-state index contributed by atoms with van der Waals surface area (Å²) >= 11 is 0. The molecule has 4 rings (SSSR count). The molecule has 3 atom stereocenters. The van der Waals surface area contributed by atoms with Gasteiger partial charge in [0.25, 0.3) is 5.91 Å². The van der Waals surface area contributed by atoms with E-state index in [2.05, 4.69) is 15.3 Å². The largest absolute Gasteiger partial charge is 0.394 e. The van der Waals surface area contributed by atoms with E-state index >= 15 is 4.39 Å². The number of carbonyl (C=O) groups is 1. The summed E-state index contributed by atoms with van der Waals surface area (Å²) in [6.45, 7) is 5.21. The normalized spacial score (nSPS) is 17.9. The molecule has 7 nitrogen and oxygen atoms in total. The third-order valence-corrected chi connectivity index (χ3v) is 6.33. The van der Waals surface area contributed by atoms with Crippen molar-refractivity contribution < 1.29 is 23.8 Å². The van der Waals surface area contributed by atoms with Gasteiger partial charge in [-0.25, -0.2) is 18.7 Å². The molecule has 37 heavy (non-hydrogen) atoms. The first-order valence-electron chi connectivity index (χ1n) is 12.5. The number of hydrogen-bond acceptors (Lipinski definition) is 6. The molecule has 1 fully saturated rings. The van der Waals surface area contributed by atoms with Gasteiger partial charge in [0.15, 0.2) is 0 Å². The lowest BCUT2D eigenvalue weighted by Crippen LogP contribution is -2.31. The molecular weight excluding hydrogens is 478 g/mol. The lowest BCUT2D eigenvalue weighted by Gasteiger charge is -2.25. The Hall–Kier alpha value is -3.43. The number of halogens is 2. The van der Waals surface area contributed by atoms with Crippen molar-refractivity contribution in [3.63, 3.8) is 0 Å². The molecule has 3 aromatic rings. The molecule has 0 bridgehead atoms. The SMILES string of the molecule is CC.Cc1cc(F)cc(C(CO)NC(=O)c2ccc(-c3nc(C4CCCC(O)C4)cnc3N)cc2F)c1. The van der Waals surface area contributed by atoms with Gasteiger partial charge in [-0.05, 0) is 61.6 Å². The fourth-order valence-corrected chi connectivity index (χ4v) is 4.54.